The molecule has 1 amide bonds. The Morgan fingerprint density at radius 2 is 1.97 bits per heavy atom. The number of thiophene rings is 1. The van der Waals surface area contributed by atoms with Crippen LogP contribution in [0.5, 0.6) is 5.75 Å². The molecule has 0 fully saturated rings. The summed E-state index contributed by atoms with van der Waals surface area (Å²) in [6.45, 7) is 1.22. The van der Waals surface area contributed by atoms with Crippen molar-refractivity contribution in [1.29, 1.82) is 0 Å². The van der Waals surface area contributed by atoms with Crippen molar-refractivity contribution in [1.82, 2.24) is 5.32 Å². The molecular formula is C16H20F2NO7PS2. The molecule has 2 rings (SSSR count). The highest BCUT2D eigenvalue weighted by Gasteiger charge is 2.52. The van der Waals surface area contributed by atoms with Crippen LogP contribution < -0.4 is 10.1 Å². The van der Waals surface area contributed by atoms with Crippen molar-refractivity contribution in [2.45, 2.75) is 19.0 Å². The highest BCUT2D eigenvalue weighted by molar-refractivity contribution is 7.90. The highest BCUT2D eigenvalue weighted by atomic mass is 32.2. The van der Waals surface area contributed by atoms with E-state index in [1.807, 2.05) is 0 Å². The average molecular weight is 471 g/mol. The normalized spacial score (nSPS) is 12.9. The Labute approximate surface area is 170 Å². The van der Waals surface area contributed by atoms with Crippen LogP contribution >= 0.6 is 18.9 Å². The molecule has 0 spiro atoms. The fraction of sp³-hybridized carbons (Fsp3) is 0.438. The Bertz CT molecular complexity index is 1090. The predicted molar refractivity (Wildman–Crippen MR) is 106 cm³/mol. The van der Waals surface area contributed by atoms with Gasteiger partial charge in [-0.15, -0.1) is 11.3 Å². The average Bonchev–Trinajstić information content (AvgIpc) is 2.93. The third-order valence-corrected chi connectivity index (χ3v) is 7.58. The van der Waals surface area contributed by atoms with Crippen LogP contribution in [0, 0.1) is 6.92 Å². The molecule has 0 bridgehead atoms. The van der Waals surface area contributed by atoms with Gasteiger partial charge in [-0.05, 0) is 31.0 Å². The summed E-state index contributed by atoms with van der Waals surface area (Å²) in [5.41, 5.74) is -4.38. The van der Waals surface area contributed by atoms with Gasteiger partial charge in [0.25, 0.3) is 5.91 Å². The fourth-order valence-corrected chi connectivity index (χ4v) is 5.29. The van der Waals surface area contributed by atoms with Crippen molar-refractivity contribution < 1.29 is 41.1 Å². The third-order valence-electron chi connectivity index (χ3n) is 4.05. The molecule has 0 unspecified atom stereocenters. The molecule has 0 atom stereocenters. The molecule has 1 aromatic carbocycles. The molecule has 29 heavy (non-hydrogen) atoms. The van der Waals surface area contributed by atoms with Crippen LogP contribution in [0.1, 0.15) is 27.2 Å². The molecule has 1 aromatic heterocycles. The summed E-state index contributed by atoms with van der Waals surface area (Å²) in [4.78, 5) is 29.3. The van der Waals surface area contributed by atoms with Gasteiger partial charge in [-0.1, -0.05) is 0 Å². The standard InChI is InChI=1S/C16H20F2NO7PS2/c1-9-11-7-10(15(20)19-2)8-12(26-5-4-6-29(3,24)25)13(11)28-14(9)16(17,18)27(21,22)23/h7-8H,4-6H2,1-3H3,(H,19,20)(H2,21,22,23). The molecule has 0 aliphatic heterocycles. The number of rotatable bonds is 8. The van der Waals surface area contributed by atoms with E-state index >= 15 is 0 Å². The Kier molecular flexibility index (Phi) is 6.75. The van der Waals surface area contributed by atoms with E-state index in [9.17, 15) is 26.6 Å². The summed E-state index contributed by atoms with van der Waals surface area (Å²) in [6, 6.07) is 2.65. The van der Waals surface area contributed by atoms with E-state index in [1.165, 1.54) is 26.1 Å². The van der Waals surface area contributed by atoms with Gasteiger partial charge in [0.2, 0.25) is 0 Å². The molecule has 0 aliphatic rings. The van der Waals surface area contributed by atoms with Crippen molar-refractivity contribution in [3.8, 4) is 5.75 Å². The molecule has 8 nitrogen and oxygen atoms in total. The van der Waals surface area contributed by atoms with Gasteiger partial charge < -0.3 is 19.8 Å². The minimum Gasteiger partial charge on any atom is -0.492 e. The zero-order valence-corrected chi connectivity index (χ0v) is 18.3. The summed E-state index contributed by atoms with van der Waals surface area (Å²) < 4.78 is 68.1. The lowest BCUT2D eigenvalue weighted by molar-refractivity contribution is 0.0596. The van der Waals surface area contributed by atoms with Crippen LogP contribution in [0.15, 0.2) is 12.1 Å². The Hall–Kier alpha value is -1.59. The van der Waals surface area contributed by atoms with Crippen molar-refractivity contribution in [2.75, 3.05) is 25.7 Å². The van der Waals surface area contributed by atoms with Gasteiger partial charge >= 0.3 is 13.3 Å². The van der Waals surface area contributed by atoms with E-state index in [1.54, 1.807) is 0 Å². The van der Waals surface area contributed by atoms with Crippen LogP contribution in [-0.2, 0) is 20.1 Å². The number of benzene rings is 1. The topological polar surface area (TPSA) is 130 Å². The van der Waals surface area contributed by atoms with Gasteiger partial charge in [0.1, 0.15) is 15.6 Å². The molecule has 0 radical (unpaired) electrons. The molecule has 0 aliphatic carbocycles. The maximum Gasteiger partial charge on any atom is 0.400 e. The van der Waals surface area contributed by atoms with E-state index in [0.717, 1.165) is 6.26 Å². The number of sulfone groups is 1. The SMILES string of the molecule is CNC(=O)c1cc(OCCCS(C)(=O)=O)c2sc(C(F)(F)P(=O)(O)O)c(C)c2c1. The van der Waals surface area contributed by atoms with E-state index in [0.29, 0.717) is 11.3 Å². The Morgan fingerprint density at radius 1 is 1.34 bits per heavy atom. The summed E-state index contributed by atoms with van der Waals surface area (Å²) in [5, 5.41) is 2.59. The molecule has 2 aromatic rings. The maximum absolute atomic E-state index is 14.3. The number of carbonyl (C=O) groups excluding carboxylic acids is 1. The largest absolute Gasteiger partial charge is 0.492 e. The van der Waals surface area contributed by atoms with E-state index in [4.69, 9.17) is 14.5 Å². The van der Waals surface area contributed by atoms with Gasteiger partial charge in [-0.25, -0.2) is 8.42 Å². The predicted octanol–water partition coefficient (Wildman–Crippen LogP) is 2.61. The zero-order valence-electron chi connectivity index (χ0n) is 15.7. The van der Waals surface area contributed by atoms with Crippen molar-refractivity contribution in [3.63, 3.8) is 0 Å². The quantitative estimate of drug-likeness (QED) is 0.399. The first-order valence-corrected chi connectivity index (χ1v) is 12.7. The molecular weight excluding hydrogens is 451 g/mol. The van der Waals surface area contributed by atoms with Gasteiger partial charge in [0.05, 0.1) is 21.9 Å². The van der Waals surface area contributed by atoms with E-state index in [-0.39, 0.29) is 45.7 Å². The second-order valence-electron chi connectivity index (χ2n) is 6.40. The molecule has 3 N–H and O–H groups in total. The Morgan fingerprint density at radius 3 is 2.48 bits per heavy atom. The van der Waals surface area contributed by atoms with Crippen LogP contribution in [0.3, 0.4) is 0 Å². The lowest BCUT2D eigenvalue weighted by atomic mass is 10.1. The van der Waals surface area contributed by atoms with Crippen LogP contribution in [0.2, 0.25) is 0 Å². The third kappa shape index (κ3) is 5.13. The number of hydrogen-bond acceptors (Lipinski definition) is 6. The van der Waals surface area contributed by atoms with E-state index in [2.05, 4.69) is 5.32 Å². The summed E-state index contributed by atoms with van der Waals surface area (Å²) in [7, 11) is -7.61. The van der Waals surface area contributed by atoms with Gasteiger partial charge in [-0.2, -0.15) is 8.78 Å². The van der Waals surface area contributed by atoms with Crippen molar-refractivity contribution >= 4 is 44.8 Å². The van der Waals surface area contributed by atoms with Crippen LogP contribution in [0.4, 0.5) is 8.78 Å². The monoisotopic (exact) mass is 471 g/mol. The van der Waals surface area contributed by atoms with Gasteiger partial charge in [0, 0.05) is 24.3 Å². The number of halogens is 2. The number of hydrogen-bond donors (Lipinski definition) is 3. The molecule has 1 heterocycles. The lowest BCUT2D eigenvalue weighted by Crippen LogP contribution is -2.18. The van der Waals surface area contributed by atoms with Gasteiger partial charge in [0.15, 0.2) is 0 Å². The van der Waals surface area contributed by atoms with Crippen LogP contribution in [-0.4, -0.2) is 49.8 Å². The number of carbonyl (C=O) groups is 1. The second-order valence-corrected chi connectivity index (χ2v) is 11.3. The number of alkyl halides is 2. The number of aryl methyl sites for hydroxylation is 1. The number of nitrogens with one attached hydrogen (secondary N) is 1. The lowest BCUT2D eigenvalue weighted by Gasteiger charge is -2.16. The summed E-state index contributed by atoms with van der Waals surface area (Å²) in [6.07, 6.45) is 1.21. The molecule has 0 saturated carbocycles. The molecule has 0 saturated heterocycles. The molecule has 13 heteroatoms. The van der Waals surface area contributed by atoms with Crippen LogP contribution in [0.25, 0.3) is 10.1 Å². The first-order chi connectivity index (χ1) is 13.2. The summed E-state index contributed by atoms with van der Waals surface area (Å²) >= 11 is 0.459. The fourth-order valence-electron chi connectivity index (χ4n) is 2.59. The number of amides is 1. The second kappa shape index (κ2) is 8.27. The minimum absolute atomic E-state index is 0.0514. The van der Waals surface area contributed by atoms with E-state index < -0.39 is 33.9 Å². The first-order valence-electron chi connectivity index (χ1n) is 8.22. The zero-order chi connectivity index (χ0) is 22.2. The minimum atomic E-state index is -5.78. The number of fused-ring (bicyclic) bond motifs is 1. The number of ether oxygens (including phenoxy) is 1. The first kappa shape index (κ1) is 23.7. The molecule has 162 valence electrons. The summed E-state index contributed by atoms with van der Waals surface area (Å²) in [5.74, 6) is -0.603. The van der Waals surface area contributed by atoms with Crippen molar-refractivity contribution in [2.24, 2.45) is 0 Å². The van der Waals surface area contributed by atoms with Crippen molar-refractivity contribution in [3.05, 3.63) is 28.1 Å². The smallest absolute Gasteiger partial charge is 0.400 e. The highest BCUT2D eigenvalue weighted by Crippen LogP contribution is 2.62. The van der Waals surface area contributed by atoms with Gasteiger partial charge in [-0.3, -0.25) is 9.36 Å². The maximum atomic E-state index is 14.3. The Balaban J connectivity index is 2.57.